The zero-order chi connectivity index (χ0) is 17.4. The molecule has 0 radical (unpaired) electrons. The maximum absolute atomic E-state index is 15.3. The predicted molar refractivity (Wildman–Crippen MR) is 91.1 cm³/mol. The van der Waals surface area contributed by atoms with Crippen LogP contribution < -0.4 is 0 Å². The molecule has 0 saturated heterocycles. The van der Waals surface area contributed by atoms with Gasteiger partial charge in [-0.05, 0) is 48.9 Å². The standard InChI is InChI=1S/C21H27FO2/c1-11-9-14-15-6-5-12(2)21(15,4)19(22)18(24)17(14)20(3)8-7-13(23)10-16(11)20/h14-17,19H,1-2,5-10H2,3-4H3/t14?,15?,16-,17?,19?,20+,21-/m1/s1. The maximum atomic E-state index is 15.3. The van der Waals surface area contributed by atoms with E-state index in [1.165, 1.54) is 0 Å². The highest BCUT2D eigenvalue weighted by Crippen LogP contribution is 2.67. The maximum Gasteiger partial charge on any atom is 0.171 e. The lowest BCUT2D eigenvalue weighted by Gasteiger charge is -2.59. The van der Waals surface area contributed by atoms with Crippen LogP contribution in [-0.4, -0.2) is 17.7 Å². The number of halogens is 1. The van der Waals surface area contributed by atoms with Crippen molar-refractivity contribution in [3.05, 3.63) is 24.3 Å². The van der Waals surface area contributed by atoms with Crippen molar-refractivity contribution in [2.24, 2.45) is 34.5 Å². The van der Waals surface area contributed by atoms with Gasteiger partial charge in [-0.1, -0.05) is 38.2 Å². The lowest BCUT2D eigenvalue weighted by molar-refractivity contribution is -0.161. The van der Waals surface area contributed by atoms with Crippen LogP contribution in [0.15, 0.2) is 24.3 Å². The number of rotatable bonds is 0. The lowest BCUT2D eigenvalue weighted by atomic mass is 9.43. The molecule has 4 unspecified atom stereocenters. The molecule has 0 N–H and O–H groups in total. The van der Waals surface area contributed by atoms with Gasteiger partial charge in [0.2, 0.25) is 0 Å². The summed E-state index contributed by atoms with van der Waals surface area (Å²) in [5.74, 6) is 0.156. The third kappa shape index (κ3) is 1.76. The molecule has 0 heterocycles. The predicted octanol–water partition coefficient (Wildman–Crippen LogP) is 4.45. The van der Waals surface area contributed by atoms with Crippen LogP contribution in [0.25, 0.3) is 0 Å². The van der Waals surface area contributed by atoms with E-state index >= 15 is 4.39 Å². The van der Waals surface area contributed by atoms with Gasteiger partial charge in [0.15, 0.2) is 12.0 Å². The SMILES string of the molecule is C=C1CC2C3CCC(=C)[C@@]3(C)C(F)C(=O)C2[C@@]2(C)CCC(=O)C[C@H]12. The average molecular weight is 330 g/mol. The van der Waals surface area contributed by atoms with Gasteiger partial charge < -0.3 is 0 Å². The average Bonchev–Trinajstić information content (AvgIpc) is 2.83. The van der Waals surface area contributed by atoms with Crippen LogP contribution in [-0.2, 0) is 9.59 Å². The highest BCUT2D eigenvalue weighted by Gasteiger charge is 2.66. The molecule has 4 aliphatic carbocycles. The number of allylic oxidation sites excluding steroid dienone is 2. The van der Waals surface area contributed by atoms with Gasteiger partial charge in [-0.3, -0.25) is 9.59 Å². The smallest absolute Gasteiger partial charge is 0.171 e. The second-order valence-electron chi connectivity index (χ2n) is 9.10. The third-order valence-electron chi connectivity index (χ3n) is 8.19. The monoisotopic (exact) mass is 330 g/mol. The summed E-state index contributed by atoms with van der Waals surface area (Å²) in [6, 6.07) is 0. The lowest BCUT2D eigenvalue weighted by Crippen LogP contribution is -2.61. The molecule has 0 aromatic rings. The zero-order valence-electron chi connectivity index (χ0n) is 14.7. The van der Waals surface area contributed by atoms with Crippen molar-refractivity contribution >= 4 is 11.6 Å². The number of carbonyl (C=O) groups excluding carboxylic acids is 2. The van der Waals surface area contributed by atoms with Gasteiger partial charge >= 0.3 is 0 Å². The first kappa shape index (κ1) is 16.2. The summed E-state index contributed by atoms with van der Waals surface area (Å²) in [6.07, 6.45) is 2.77. The highest BCUT2D eigenvalue weighted by molar-refractivity contribution is 5.90. The number of hydrogen-bond donors (Lipinski definition) is 0. The quantitative estimate of drug-likeness (QED) is 0.615. The summed E-state index contributed by atoms with van der Waals surface area (Å²) < 4.78 is 15.3. The molecule has 4 rings (SSSR count). The minimum atomic E-state index is -1.44. The van der Waals surface area contributed by atoms with E-state index in [2.05, 4.69) is 20.1 Å². The molecule has 0 aromatic heterocycles. The van der Waals surface area contributed by atoms with E-state index in [9.17, 15) is 9.59 Å². The van der Waals surface area contributed by atoms with Crippen molar-refractivity contribution in [3.8, 4) is 0 Å². The van der Waals surface area contributed by atoms with Crippen molar-refractivity contribution in [1.82, 2.24) is 0 Å². The first-order valence-electron chi connectivity index (χ1n) is 9.26. The van der Waals surface area contributed by atoms with Crippen LogP contribution in [0.5, 0.6) is 0 Å². The fourth-order valence-corrected chi connectivity index (χ4v) is 6.73. The van der Waals surface area contributed by atoms with Gasteiger partial charge in [-0.25, -0.2) is 4.39 Å². The summed E-state index contributed by atoms with van der Waals surface area (Å²) in [6.45, 7) is 12.4. The minimum absolute atomic E-state index is 0.0464. The second kappa shape index (κ2) is 4.89. The Bertz CT molecular complexity index is 665. The Kier molecular flexibility index (Phi) is 3.31. The van der Waals surface area contributed by atoms with Gasteiger partial charge in [0.25, 0.3) is 0 Å². The summed E-state index contributed by atoms with van der Waals surface area (Å²) in [4.78, 5) is 25.1. The number of fused-ring (bicyclic) bond motifs is 5. The fraction of sp³-hybridized carbons (Fsp3) is 0.714. The molecule has 0 aliphatic heterocycles. The summed E-state index contributed by atoms with van der Waals surface area (Å²) in [5.41, 5.74) is 1.01. The molecule has 4 saturated carbocycles. The first-order chi connectivity index (χ1) is 11.2. The van der Waals surface area contributed by atoms with E-state index in [4.69, 9.17) is 0 Å². The van der Waals surface area contributed by atoms with Gasteiger partial charge in [-0.2, -0.15) is 0 Å². The molecule has 7 atom stereocenters. The number of alkyl halides is 1. The van der Waals surface area contributed by atoms with Crippen molar-refractivity contribution in [2.45, 2.75) is 58.5 Å². The molecule has 0 amide bonds. The molecule has 4 fully saturated rings. The number of carbonyl (C=O) groups is 2. The molecule has 130 valence electrons. The molecule has 4 aliphatic rings. The van der Waals surface area contributed by atoms with E-state index in [0.29, 0.717) is 19.3 Å². The molecule has 0 spiro atoms. The van der Waals surface area contributed by atoms with Crippen LogP contribution in [0.1, 0.15) is 52.4 Å². The zero-order valence-corrected chi connectivity index (χ0v) is 14.7. The van der Waals surface area contributed by atoms with Gasteiger partial charge in [0.1, 0.15) is 5.78 Å². The van der Waals surface area contributed by atoms with Gasteiger partial charge in [0, 0.05) is 24.2 Å². The second-order valence-corrected chi connectivity index (χ2v) is 9.10. The largest absolute Gasteiger partial charge is 0.300 e. The van der Waals surface area contributed by atoms with Crippen LogP contribution >= 0.6 is 0 Å². The molecule has 0 bridgehead atoms. The van der Waals surface area contributed by atoms with Gasteiger partial charge in [-0.15, -0.1) is 0 Å². The van der Waals surface area contributed by atoms with E-state index < -0.39 is 11.6 Å². The molecule has 3 heteroatoms. The Morgan fingerprint density at radius 1 is 1.12 bits per heavy atom. The van der Waals surface area contributed by atoms with E-state index in [1.807, 2.05) is 6.92 Å². The number of ketones is 2. The van der Waals surface area contributed by atoms with Crippen LogP contribution in [0.4, 0.5) is 4.39 Å². The van der Waals surface area contributed by atoms with Crippen molar-refractivity contribution in [1.29, 1.82) is 0 Å². The molecular weight excluding hydrogens is 303 g/mol. The Hall–Kier alpha value is -1.25. The van der Waals surface area contributed by atoms with Gasteiger partial charge in [0.05, 0.1) is 0 Å². The molecule has 2 nitrogen and oxygen atoms in total. The Labute approximate surface area is 143 Å². The minimum Gasteiger partial charge on any atom is -0.300 e. The fourth-order valence-electron chi connectivity index (χ4n) is 6.73. The Morgan fingerprint density at radius 3 is 2.54 bits per heavy atom. The third-order valence-corrected chi connectivity index (χ3v) is 8.19. The summed E-state index contributed by atoms with van der Waals surface area (Å²) >= 11 is 0. The number of hydrogen-bond acceptors (Lipinski definition) is 2. The summed E-state index contributed by atoms with van der Waals surface area (Å²) in [7, 11) is 0. The summed E-state index contributed by atoms with van der Waals surface area (Å²) in [5, 5.41) is 0. The van der Waals surface area contributed by atoms with E-state index in [1.54, 1.807) is 0 Å². The van der Waals surface area contributed by atoms with Crippen LogP contribution in [0, 0.1) is 34.5 Å². The Balaban J connectivity index is 1.81. The van der Waals surface area contributed by atoms with Crippen molar-refractivity contribution in [3.63, 3.8) is 0 Å². The van der Waals surface area contributed by atoms with E-state index in [-0.39, 0.29) is 40.7 Å². The highest BCUT2D eigenvalue weighted by atomic mass is 19.1. The van der Waals surface area contributed by atoms with Crippen molar-refractivity contribution < 1.29 is 14.0 Å². The topological polar surface area (TPSA) is 34.1 Å². The van der Waals surface area contributed by atoms with E-state index in [0.717, 1.165) is 30.4 Å². The number of Topliss-reactive ketones (excluding diaryl/α,β-unsaturated/α-hetero) is 2. The Morgan fingerprint density at radius 2 is 1.83 bits per heavy atom. The first-order valence-corrected chi connectivity index (χ1v) is 9.26. The van der Waals surface area contributed by atoms with Crippen molar-refractivity contribution in [2.75, 3.05) is 0 Å². The normalized spacial score (nSPS) is 51.2. The molecule has 24 heavy (non-hydrogen) atoms. The van der Waals surface area contributed by atoms with Crippen LogP contribution in [0.3, 0.4) is 0 Å². The van der Waals surface area contributed by atoms with Crippen LogP contribution in [0.2, 0.25) is 0 Å². The molecule has 0 aromatic carbocycles. The molecular formula is C21H27FO2.